The van der Waals surface area contributed by atoms with Gasteiger partial charge in [0.15, 0.2) is 5.76 Å². The zero-order valence-electron chi connectivity index (χ0n) is 14.2. The van der Waals surface area contributed by atoms with Crippen LogP contribution in [0.15, 0.2) is 65.1 Å². The average Bonchev–Trinajstić information content (AvgIpc) is 3.15. The first-order chi connectivity index (χ1) is 12.7. The van der Waals surface area contributed by atoms with Crippen LogP contribution in [0.5, 0.6) is 11.5 Å². The molecule has 0 radical (unpaired) electrons. The third-order valence-electron chi connectivity index (χ3n) is 3.70. The lowest BCUT2D eigenvalue weighted by Gasteiger charge is -2.06. The van der Waals surface area contributed by atoms with Gasteiger partial charge >= 0.3 is 0 Å². The normalized spacial score (nSPS) is 10.4. The van der Waals surface area contributed by atoms with Gasteiger partial charge in [-0.15, -0.1) is 0 Å². The molecule has 2 aromatic carbocycles. The van der Waals surface area contributed by atoms with E-state index in [1.807, 2.05) is 36.4 Å². The van der Waals surface area contributed by atoms with Crippen molar-refractivity contribution in [2.75, 3.05) is 7.11 Å². The van der Waals surface area contributed by atoms with Crippen molar-refractivity contribution in [3.05, 3.63) is 82.8 Å². The molecule has 0 bridgehead atoms. The number of benzene rings is 2. The Balaban J connectivity index is 1.55. The van der Waals surface area contributed by atoms with Gasteiger partial charge in [-0.2, -0.15) is 0 Å². The molecule has 0 aliphatic carbocycles. The Hall–Kier alpha value is -2.92. The van der Waals surface area contributed by atoms with Crippen molar-refractivity contribution in [2.24, 2.45) is 0 Å². The molecule has 1 N–H and O–H groups in total. The summed E-state index contributed by atoms with van der Waals surface area (Å²) in [6.45, 7) is 0.541. The SMILES string of the molecule is COc1cccc(OCc2ccc(C(=O)NCc3ccccc3Cl)o2)c1. The maximum absolute atomic E-state index is 12.2. The first-order valence-electron chi connectivity index (χ1n) is 8.03. The van der Waals surface area contributed by atoms with Gasteiger partial charge in [-0.05, 0) is 35.9 Å². The van der Waals surface area contributed by atoms with E-state index in [1.54, 1.807) is 31.4 Å². The molecule has 134 valence electrons. The third kappa shape index (κ3) is 4.58. The zero-order valence-corrected chi connectivity index (χ0v) is 15.0. The van der Waals surface area contributed by atoms with Crippen LogP contribution in [-0.2, 0) is 13.2 Å². The van der Waals surface area contributed by atoms with Crippen LogP contribution in [0.1, 0.15) is 21.9 Å². The van der Waals surface area contributed by atoms with Gasteiger partial charge in [0, 0.05) is 17.6 Å². The van der Waals surface area contributed by atoms with Crippen LogP contribution in [-0.4, -0.2) is 13.0 Å². The summed E-state index contributed by atoms with van der Waals surface area (Å²) < 4.78 is 16.3. The lowest BCUT2D eigenvalue weighted by atomic mass is 10.2. The number of methoxy groups -OCH3 is 1. The number of carbonyl (C=O) groups excluding carboxylic acids is 1. The molecular formula is C20H18ClNO4. The number of hydrogen-bond donors (Lipinski definition) is 1. The van der Waals surface area contributed by atoms with E-state index in [9.17, 15) is 4.79 Å². The van der Waals surface area contributed by atoms with Crippen LogP contribution in [0.3, 0.4) is 0 Å². The van der Waals surface area contributed by atoms with E-state index in [0.717, 1.165) is 5.56 Å². The van der Waals surface area contributed by atoms with E-state index in [1.165, 1.54) is 0 Å². The molecule has 3 rings (SSSR count). The van der Waals surface area contributed by atoms with Crippen molar-refractivity contribution in [1.82, 2.24) is 5.32 Å². The molecule has 0 aliphatic heterocycles. The van der Waals surface area contributed by atoms with Gasteiger partial charge in [0.05, 0.1) is 7.11 Å². The van der Waals surface area contributed by atoms with E-state index >= 15 is 0 Å². The molecule has 0 aliphatic rings. The Kier molecular flexibility index (Phi) is 5.81. The van der Waals surface area contributed by atoms with Gasteiger partial charge in [0.1, 0.15) is 23.9 Å². The minimum absolute atomic E-state index is 0.213. The fourth-order valence-electron chi connectivity index (χ4n) is 2.33. The lowest BCUT2D eigenvalue weighted by Crippen LogP contribution is -2.22. The van der Waals surface area contributed by atoms with Crippen molar-refractivity contribution in [3.8, 4) is 11.5 Å². The molecule has 0 saturated carbocycles. The number of halogens is 1. The smallest absolute Gasteiger partial charge is 0.287 e. The monoisotopic (exact) mass is 371 g/mol. The third-order valence-corrected chi connectivity index (χ3v) is 4.07. The van der Waals surface area contributed by atoms with E-state index < -0.39 is 0 Å². The number of amides is 1. The molecule has 0 fully saturated rings. The van der Waals surface area contributed by atoms with Crippen LogP contribution >= 0.6 is 11.6 Å². The highest BCUT2D eigenvalue weighted by Crippen LogP contribution is 2.20. The predicted molar refractivity (Wildman–Crippen MR) is 98.7 cm³/mol. The summed E-state index contributed by atoms with van der Waals surface area (Å²) in [4.78, 5) is 12.2. The van der Waals surface area contributed by atoms with Crippen LogP contribution in [0.4, 0.5) is 0 Å². The van der Waals surface area contributed by atoms with Gasteiger partial charge in [0.25, 0.3) is 5.91 Å². The molecule has 3 aromatic rings. The second kappa shape index (κ2) is 8.45. The molecule has 0 unspecified atom stereocenters. The summed E-state index contributed by atoms with van der Waals surface area (Å²) >= 11 is 6.08. The number of ether oxygens (including phenoxy) is 2. The highest BCUT2D eigenvalue weighted by atomic mass is 35.5. The molecule has 1 heterocycles. The maximum atomic E-state index is 12.2. The van der Waals surface area contributed by atoms with Gasteiger partial charge < -0.3 is 19.2 Å². The predicted octanol–water partition coefficient (Wildman–Crippen LogP) is 4.45. The molecule has 1 amide bonds. The number of furan rings is 1. The molecule has 5 nitrogen and oxygen atoms in total. The van der Waals surface area contributed by atoms with Crippen LogP contribution in [0.25, 0.3) is 0 Å². The van der Waals surface area contributed by atoms with Crippen LogP contribution in [0, 0.1) is 0 Å². The minimum Gasteiger partial charge on any atom is -0.497 e. The highest BCUT2D eigenvalue weighted by Gasteiger charge is 2.12. The van der Waals surface area contributed by atoms with Gasteiger partial charge in [-0.3, -0.25) is 4.79 Å². The van der Waals surface area contributed by atoms with E-state index in [0.29, 0.717) is 28.8 Å². The molecule has 26 heavy (non-hydrogen) atoms. The van der Waals surface area contributed by atoms with Crippen molar-refractivity contribution >= 4 is 17.5 Å². The first kappa shape index (κ1) is 17.9. The Morgan fingerprint density at radius 2 is 1.88 bits per heavy atom. The average molecular weight is 372 g/mol. The standard InChI is InChI=1S/C20H18ClNO4/c1-24-15-6-4-7-16(11-15)25-13-17-9-10-19(26-17)20(23)22-12-14-5-2-3-8-18(14)21/h2-11H,12-13H2,1H3,(H,22,23). The molecule has 0 atom stereocenters. The molecule has 1 aromatic heterocycles. The quantitative estimate of drug-likeness (QED) is 0.666. The number of rotatable bonds is 7. The van der Waals surface area contributed by atoms with Crippen LogP contribution in [0.2, 0.25) is 5.02 Å². The summed E-state index contributed by atoms with van der Waals surface area (Å²) in [7, 11) is 1.60. The Bertz CT molecular complexity index is 891. The van der Waals surface area contributed by atoms with Gasteiger partial charge in [-0.1, -0.05) is 35.9 Å². The lowest BCUT2D eigenvalue weighted by molar-refractivity contribution is 0.0919. The van der Waals surface area contributed by atoms with E-state index in [2.05, 4.69) is 5.32 Å². The minimum atomic E-state index is -0.308. The molecule has 0 saturated heterocycles. The topological polar surface area (TPSA) is 60.7 Å². The van der Waals surface area contributed by atoms with Gasteiger partial charge in [0.2, 0.25) is 0 Å². The maximum Gasteiger partial charge on any atom is 0.287 e. The second-order valence-electron chi connectivity index (χ2n) is 5.51. The zero-order chi connectivity index (χ0) is 18.4. The number of nitrogens with one attached hydrogen (secondary N) is 1. The number of carbonyl (C=O) groups is 1. The Labute approximate surface area is 156 Å². The van der Waals surface area contributed by atoms with Crippen molar-refractivity contribution in [2.45, 2.75) is 13.2 Å². The first-order valence-corrected chi connectivity index (χ1v) is 8.40. The highest BCUT2D eigenvalue weighted by molar-refractivity contribution is 6.31. The molecular weight excluding hydrogens is 354 g/mol. The fourth-order valence-corrected chi connectivity index (χ4v) is 2.53. The number of hydrogen-bond acceptors (Lipinski definition) is 4. The van der Waals surface area contributed by atoms with Gasteiger partial charge in [-0.25, -0.2) is 0 Å². The fraction of sp³-hybridized carbons (Fsp3) is 0.150. The summed E-state index contributed by atoms with van der Waals surface area (Å²) in [5, 5.41) is 3.39. The molecule has 0 spiro atoms. The largest absolute Gasteiger partial charge is 0.497 e. The second-order valence-corrected chi connectivity index (χ2v) is 5.91. The van der Waals surface area contributed by atoms with Crippen molar-refractivity contribution in [1.29, 1.82) is 0 Å². The van der Waals surface area contributed by atoms with Crippen LogP contribution < -0.4 is 14.8 Å². The summed E-state index contributed by atoms with van der Waals surface area (Å²) in [6, 6.07) is 18.0. The Morgan fingerprint density at radius 1 is 1.08 bits per heavy atom. The molecule has 6 heteroatoms. The van der Waals surface area contributed by atoms with Crippen molar-refractivity contribution < 1.29 is 18.7 Å². The summed E-state index contributed by atoms with van der Waals surface area (Å²) in [6.07, 6.45) is 0. The summed E-state index contributed by atoms with van der Waals surface area (Å²) in [5.74, 6) is 1.83. The summed E-state index contributed by atoms with van der Waals surface area (Å²) in [5.41, 5.74) is 0.843. The van der Waals surface area contributed by atoms with E-state index in [-0.39, 0.29) is 18.3 Å². The van der Waals surface area contributed by atoms with Crippen molar-refractivity contribution in [3.63, 3.8) is 0 Å². The Morgan fingerprint density at radius 3 is 2.69 bits per heavy atom. The van der Waals surface area contributed by atoms with E-state index in [4.69, 9.17) is 25.5 Å².